The molecule has 1 heterocycles. The Morgan fingerprint density at radius 2 is 1.86 bits per heavy atom. The van der Waals surface area contributed by atoms with E-state index in [4.69, 9.17) is 5.84 Å². The number of thioether (sulfide) groups is 1. The van der Waals surface area contributed by atoms with Gasteiger partial charge in [-0.2, -0.15) is 0 Å². The van der Waals surface area contributed by atoms with E-state index in [2.05, 4.69) is 61.7 Å². The third-order valence-electron chi connectivity index (χ3n) is 4.51. The van der Waals surface area contributed by atoms with Crippen molar-refractivity contribution in [1.82, 2.24) is 5.43 Å². The van der Waals surface area contributed by atoms with Gasteiger partial charge >= 0.3 is 0 Å². The van der Waals surface area contributed by atoms with E-state index in [-0.39, 0.29) is 6.04 Å². The van der Waals surface area contributed by atoms with Crippen LogP contribution < -0.4 is 11.3 Å². The lowest BCUT2D eigenvalue weighted by Crippen LogP contribution is -2.41. The predicted molar refractivity (Wildman–Crippen MR) is 90.6 cm³/mol. The normalized spacial score (nSPS) is 18.5. The Bertz CT molecular complexity index is 619. The largest absolute Gasteiger partial charge is 0.271 e. The SMILES string of the molecule is Cc1cccc(C)c1CC(NN)C1CSc2ccccc21. The highest BCUT2D eigenvalue weighted by molar-refractivity contribution is 7.99. The van der Waals surface area contributed by atoms with Crippen LogP contribution in [0.1, 0.15) is 28.2 Å². The van der Waals surface area contributed by atoms with Crippen LogP contribution in [0.3, 0.4) is 0 Å². The van der Waals surface area contributed by atoms with Crippen molar-refractivity contribution in [3.63, 3.8) is 0 Å². The molecule has 2 atom stereocenters. The van der Waals surface area contributed by atoms with Crippen molar-refractivity contribution < 1.29 is 0 Å². The summed E-state index contributed by atoms with van der Waals surface area (Å²) in [5, 5.41) is 0. The van der Waals surface area contributed by atoms with E-state index in [0.29, 0.717) is 5.92 Å². The molecule has 0 spiro atoms. The van der Waals surface area contributed by atoms with Crippen LogP contribution >= 0.6 is 11.8 Å². The van der Waals surface area contributed by atoms with Gasteiger partial charge in [0.2, 0.25) is 0 Å². The second-order valence-corrected chi connectivity index (χ2v) is 6.86. The van der Waals surface area contributed by atoms with Crippen LogP contribution in [0, 0.1) is 13.8 Å². The Morgan fingerprint density at radius 3 is 2.57 bits per heavy atom. The minimum Gasteiger partial charge on any atom is -0.271 e. The molecule has 110 valence electrons. The van der Waals surface area contributed by atoms with Crippen LogP contribution in [0.5, 0.6) is 0 Å². The molecule has 0 amide bonds. The van der Waals surface area contributed by atoms with Gasteiger partial charge in [0.05, 0.1) is 0 Å². The van der Waals surface area contributed by atoms with Crippen LogP contribution in [0.15, 0.2) is 47.4 Å². The van der Waals surface area contributed by atoms with E-state index >= 15 is 0 Å². The van der Waals surface area contributed by atoms with E-state index in [9.17, 15) is 0 Å². The molecule has 2 unspecified atom stereocenters. The minimum atomic E-state index is 0.279. The minimum absolute atomic E-state index is 0.279. The summed E-state index contributed by atoms with van der Waals surface area (Å²) in [5.41, 5.74) is 8.65. The number of fused-ring (bicyclic) bond motifs is 1. The lowest BCUT2D eigenvalue weighted by atomic mass is 9.87. The highest BCUT2D eigenvalue weighted by Gasteiger charge is 2.30. The maximum absolute atomic E-state index is 5.90. The van der Waals surface area contributed by atoms with Crippen LogP contribution in [0.25, 0.3) is 0 Å². The quantitative estimate of drug-likeness (QED) is 0.669. The molecule has 2 aromatic carbocycles. The summed E-state index contributed by atoms with van der Waals surface area (Å²) < 4.78 is 0. The van der Waals surface area contributed by atoms with Crippen molar-refractivity contribution in [1.29, 1.82) is 0 Å². The topological polar surface area (TPSA) is 38.0 Å². The van der Waals surface area contributed by atoms with E-state index in [1.54, 1.807) is 0 Å². The second-order valence-electron chi connectivity index (χ2n) is 5.80. The number of rotatable bonds is 4. The van der Waals surface area contributed by atoms with Crippen molar-refractivity contribution >= 4 is 11.8 Å². The van der Waals surface area contributed by atoms with E-state index in [0.717, 1.165) is 12.2 Å². The molecule has 3 rings (SSSR count). The number of hydrazine groups is 1. The third-order valence-corrected chi connectivity index (χ3v) is 5.71. The summed E-state index contributed by atoms with van der Waals surface area (Å²) >= 11 is 1.94. The summed E-state index contributed by atoms with van der Waals surface area (Å²) in [5.74, 6) is 7.49. The zero-order valence-electron chi connectivity index (χ0n) is 12.6. The highest BCUT2D eigenvalue weighted by Crippen LogP contribution is 2.41. The van der Waals surface area contributed by atoms with E-state index < -0.39 is 0 Å². The van der Waals surface area contributed by atoms with Gasteiger partial charge in [0.15, 0.2) is 0 Å². The Kier molecular flexibility index (Phi) is 4.34. The molecule has 0 bridgehead atoms. The van der Waals surface area contributed by atoms with Crippen molar-refractivity contribution in [2.75, 3.05) is 5.75 Å². The average Bonchev–Trinajstić information content (AvgIpc) is 2.91. The van der Waals surface area contributed by atoms with Crippen molar-refractivity contribution in [3.8, 4) is 0 Å². The Balaban J connectivity index is 1.87. The van der Waals surface area contributed by atoms with Crippen molar-refractivity contribution in [3.05, 3.63) is 64.7 Å². The highest BCUT2D eigenvalue weighted by atomic mass is 32.2. The summed E-state index contributed by atoms with van der Waals surface area (Å²) in [6.45, 7) is 4.38. The monoisotopic (exact) mass is 298 g/mol. The van der Waals surface area contributed by atoms with Gasteiger partial charge in [0.1, 0.15) is 0 Å². The summed E-state index contributed by atoms with van der Waals surface area (Å²) in [6.07, 6.45) is 0.981. The number of nitrogens with one attached hydrogen (secondary N) is 1. The van der Waals surface area contributed by atoms with Gasteiger partial charge in [-0.15, -0.1) is 11.8 Å². The molecular formula is C18H22N2S. The van der Waals surface area contributed by atoms with Crippen LogP contribution in [0.2, 0.25) is 0 Å². The first kappa shape index (κ1) is 14.6. The van der Waals surface area contributed by atoms with Crippen molar-refractivity contribution in [2.24, 2.45) is 5.84 Å². The first-order valence-corrected chi connectivity index (χ1v) is 8.42. The summed E-state index contributed by atoms with van der Waals surface area (Å²) in [4.78, 5) is 1.41. The van der Waals surface area contributed by atoms with Gasteiger partial charge in [0, 0.05) is 22.6 Å². The molecule has 1 aliphatic rings. The smallest absolute Gasteiger partial charge is 0.0328 e. The molecule has 0 aliphatic carbocycles. The Labute approximate surface area is 131 Å². The molecule has 1 aliphatic heterocycles. The molecule has 3 heteroatoms. The molecule has 2 nitrogen and oxygen atoms in total. The Hall–Kier alpha value is -1.29. The standard InChI is InChI=1S/C18H22N2S/c1-12-6-5-7-13(2)15(12)10-17(20-19)16-11-21-18-9-4-3-8-14(16)18/h3-9,16-17,20H,10-11,19H2,1-2H3. The number of aryl methyl sites for hydroxylation is 2. The molecule has 21 heavy (non-hydrogen) atoms. The number of hydrogen-bond acceptors (Lipinski definition) is 3. The van der Waals surface area contributed by atoms with Crippen LogP contribution in [-0.4, -0.2) is 11.8 Å². The van der Waals surface area contributed by atoms with Gasteiger partial charge in [-0.3, -0.25) is 11.3 Å². The maximum atomic E-state index is 5.90. The fourth-order valence-electron chi connectivity index (χ4n) is 3.23. The lowest BCUT2D eigenvalue weighted by Gasteiger charge is -2.25. The molecule has 0 saturated carbocycles. The molecule has 0 fully saturated rings. The molecule has 0 aromatic heterocycles. The molecule has 0 radical (unpaired) electrons. The van der Waals surface area contributed by atoms with Crippen LogP contribution in [-0.2, 0) is 6.42 Å². The molecular weight excluding hydrogens is 276 g/mol. The first-order valence-electron chi connectivity index (χ1n) is 7.43. The van der Waals surface area contributed by atoms with Gasteiger partial charge in [-0.25, -0.2) is 0 Å². The van der Waals surface area contributed by atoms with Gasteiger partial charge < -0.3 is 0 Å². The molecule has 3 N–H and O–H groups in total. The van der Waals surface area contributed by atoms with Crippen molar-refractivity contribution in [2.45, 2.75) is 37.1 Å². The third kappa shape index (κ3) is 2.86. The number of nitrogens with two attached hydrogens (primary N) is 1. The summed E-state index contributed by atoms with van der Waals surface area (Å²) in [6, 6.07) is 15.5. The predicted octanol–water partition coefficient (Wildman–Crippen LogP) is 3.57. The van der Waals surface area contributed by atoms with E-state index in [1.165, 1.54) is 27.1 Å². The summed E-state index contributed by atoms with van der Waals surface area (Å²) in [7, 11) is 0. The second kappa shape index (κ2) is 6.22. The van der Waals surface area contributed by atoms with Gasteiger partial charge in [-0.1, -0.05) is 36.4 Å². The van der Waals surface area contributed by atoms with Gasteiger partial charge in [0.25, 0.3) is 0 Å². The fraction of sp³-hybridized carbons (Fsp3) is 0.333. The Morgan fingerprint density at radius 1 is 1.14 bits per heavy atom. The maximum Gasteiger partial charge on any atom is 0.0328 e. The van der Waals surface area contributed by atoms with Gasteiger partial charge in [-0.05, 0) is 48.6 Å². The van der Waals surface area contributed by atoms with E-state index in [1.807, 2.05) is 11.8 Å². The average molecular weight is 298 g/mol. The fourth-order valence-corrected chi connectivity index (χ4v) is 4.56. The lowest BCUT2D eigenvalue weighted by molar-refractivity contribution is 0.462. The number of benzene rings is 2. The first-order chi connectivity index (χ1) is 10.2. The zero-order chi connectivity index (χ0) is 14.8. The molecule has 2 aromatic rings. The molecule has 0 saturated heterocycles. The number of hydrogen-bond donors (Lipinski definition) is 2. The zero-order valence-corrected chi connectivity index (χ0v) is 13.4. The van der Waals surface area contributed by atoms with Crippen LogP contribution in [0.4, 0.5) is 0 Å².